The number of carbonyl (C=O) groups excluding carboxylic acids is 1. The lowest BCUT2D eigenvalue weighted by atomic mass is 9.90. The summed E-state index contributed by atoms with van der Waals surface area (Å²) in [5.74, 6) is -0.456. The second-order valence-electron chi connectivity index (χ2n) is 4.57. The van der Waals surface area contributed by atoms with E-state index in [9.17, 15) is 9.18 Å². The van der Waals surface area contributed by atoms with Crippen LogP contribution in [0, 0.1) is 5.82 Å². The molecule has 0 radical (unpaired) electrons. The monoisotopic (exact) mass is 268 g/mol. The van der Waals surface area contributed by atoms with E-state index in [0.29, 0.717) is 31.8 Å². The first kappa shape index (κ1) is 13.8. The van der Waals surface area contributed by atoms with Gasteiger partial charge in [-0.05, 0) is 25.0 Å². The fourth-order valence-electron chi connectivity index (χ4n) is 1.94. The van der Waals surface area contributed by atoms with E-state index in [1.165, 1.54) is 25.3 Å². The smallest absolute Gasteiger partial charge is 0.244 e. The standard InChI is InChI=1S/C13H17FN2O3/c1-18-9-2-3-10(14)11(8-9)16-12(17)13(15)4-6-19-7-5-13/h2-3,8H,4-7,15H2,1H3,(H,16,17). The van der Waals surface area contributed by atoms with Gasteiger partial charge in [0.2, 0.25) is 5.91 Å². The highest BCUT2D eigenvalue weighted by atomic mass is 19.1. The maximum atomic E-state index is 13.6. The minimum absolute atomic E-state index is 0.0701. The van der Waals surface area contributed by atoms with E-state index < -0.39 is 17.3 Å². The quantitative estimate of drug-likeness (QED) is 0.866. The van der Waals surface area contributed by atoms with Crippen molar-refractivity contribution in [3.05, 3.63) is 24.0 Å². The molecular weight excluding hydrogens is 251 g/mol. The Labute approximate surface area is 110 Å². The first-order valence-electron chi connectivity index (χ1n) is 6.07. The molecule has 0 spiro atoms. The van der Waals surface area contributed by atoms with Crippen molar-refractivity contribution in [1.82, 2.24) is 0 Å². The lowest BCUT2D eigenvalue weighted by Crippen LogP contribution is -2.54. The van der Waals surface area contributed by atoms with Gasteiger partial charge < -0.3 is 20.5 Å². The van der Waals surface area contributed by atoms with Gasteiger partial charge in [0.1, 0.15) is 17.1 Å². The van der Waals surface area contributed by atoms with Gasteiger partial charge >= 0.3 is 0 Å². The summed E-state index contributed by atoms with van der Waals surface area (Å²) in [4.78, 5) is 12.1. The summed E-state index contributed by atoms with van der Waals surface area (Å²) < 4.78 is 23.8. The van der Waals surface area contributed by atoms with Crippen LogP contribution in [0.25, 0.3) is 0 Å². The number of hydrogen-bond acceptors (Lipinski definition) is 4. The Morgan fingerprint density at radius 1 is 1.47 bits per heavy atom. The Kier molecular flexibility index (Phi) is 4.01. The molecule has 0 saturated carbocycles. The van der Waals surface area contributed by atoms with E-state index >= 15 is 0 Å². The number of benzene rings is 1. The average Bonchev–Trinajstić information content (AvgIpc) is 2.42. The number of anilines is 1. The Morgan fingerprint density at radius 2 is 2.16 bits per heavy atom. The Balaban J connectivity index is 2.14. The van der Waals surface area contributed by atoms with Gasteiger partial charge in [-0.25, -0.2) is 4.39 Å². The van der Waals surface area contributed by atoms with Crippen LogP contribution in [-0.4, -0.2) is 31.8 Å². The van der Waals surface area contributed by atoms with Crippen molar-refractivity contribution in [1.29, 1.82) is 0 Å². The van der Waals surface area contributed by atoms with Crippen molar-refractivity contribution in [3.63, 3.8) is 0 Å². The molecule has 1 aliphatic heterocycles. The number of ether oxygens (including phenoxy) is 2. The molecule has 19 heavy (non-hydrogen) atoms. The van der Waals surface area contributed by atoms with Crippen LogP contribution in [0.5, 0.6) is 5.75 Å². The zero-order valence-electron chi connectivity index (χ0n) is 10.7. The summed E-state index contributed by atoms with van der Waals surface area (Å²) in [5.41, 5.74) is 5.09. The largest absolute Gasteiger partial charge is 0.497 e. The number of nitrogens with one attached hydrogen (secondary N) is 1. The van der Waals surface area contributed by atoms with Gasteiger partial charge in [0, 0.05) is 19.3 Å². The molecule has 1 saturated heterocycles. The van der Waals surface area contributed by atoms with Crippen molar-refractivity contribution in [2.24, 2.45) is 5.73 Å². The summed E-state index contributed by atoms with van der Waals surface area (Å²) in [6.45, 7) is 0.870. The minimum atomic E-state index is -1.01. The molecule has 0 unspecified atom stereocenters. The molecule has 1 fully saturated rings. The highest BCUT2D eigenvalue weighted by Gasteiger charge is 2.36. The number of carbonyl (C=O) groups is 1. The summed E-state index contributed by atoms with van der Waals surface area (Å²) in [7, 11) is 1.47. The number of amides is 1. The van der Waals surface area contributed by atoms with Crippen LogP contribution in [0.3, 0.4) is 0 Å². The lowest BCUT2D eigenvalue weighted by Gasteiger charge is -2.31. The summed E-state index contributed by atoms with van der Waals surface area (Å²) >= 11 is 0. The Bertz CT molecular complexity index is 473. The SMILES string of the molecule is COc1ccc(F)c(NC(=O)C2(N)CCOCC2)c1. The summed E-state index contributed by atoms with van der Waals surface area (Å²) in [6.07, 6.45) is 0.842. The molecule has 2 rings (SSSR count). The number of rotatable bonds is 3. The highest BCUT2D eigenvalue weighted by molar-refractivity contribution is 5.98. The van der Waals surface area contributed by atoms with E-state index in [-0.39, 0.29) is 5.69 Å². The average molecular weight is 268 g/mol. The molecule has 1 heterocycles. The Morgan fingerprint density at radius 3 is 2.79 bits per heavy atom. The van der Waals surface area contributed by atoms with Gasteiger partial charge in [-0.1, -0.05) is 0 Å². The van der Waals surface area contributed by atoms with Gasteiger partial charge in [0.15, 0.2) is 0 Å². The third-order valence-corrected chi connectivity index (χ3v) is 3.26. The van der Waals surface area contributed by atoms with E-state index in [1.807, 2.05) is 0 Å². The van der Waals surface area contributed by atoms with E-state index in [4.69, 9.17) is 15.2 Å². The second kappa shape index (κ2) is 5.54. The zero-order valence-corrected chi connectivity index (χ0v) is 10.7. The van der Waals surface area contributed by atoms with Crippen molar-refractivity contribution in [3.8, 4) is 5.75 Å². The molecular formula is C13H17FN2O3. The van der Waals surface area contributed by atoms with Gasteiger partial charge in [-0.3, -0.25) is 4.79 Å². The maximum Gasteiger partial charge on any atom is 0.244 e. The first-order chi connectivity index (χ1) is 9.05. The molecule has 0 atom stereocenters. The Hall–Kier alpha value is -1.66. The predicted octanol–water partition coefficient (Wildman–Crippen LogP) is 1.28. The van der Waals surface area contributed by atoms with Crippen molar-refractivity contribution in [2.45, 2.75) is 18.4 Å². The predicted molar refractivity (Wildman–Crippen MR) is 68.6 cm³/mol. The molecule has 5 nitrogen and oxygen atoms in total. The number of nitrogens with two attached hydrogens (primary N) is 1. The van der Waals surface area contributed by atoms with Crippen LogP contribution >= 0.6 is 0 Å². The lowest BCUT2D eigenvalue weighted by molar-refractivity contribution is -0.124. The second-order valence-corrected chi connectivity index (χ2v) is 4.57. The molecule has 0 aliphatic carbocycles. The first-order valence-corrected chi connectivity index (χ1v) is 6.07. The molecule has 1 aromatic rings. The summed E-state index contributed by atoms with van der Waals surface area (Å²) in [5, 5.41) is 2.52. The normalized spacial score (nSPS) is 17.8. The van der Waals surface area contributed by atoms with Crippen LogP contribution in [0.2, 0.25) is 0 Å². The van der Waals surface area contributed by atoms with Gasteiger partial charge in [-0.15, -0.1) is 0 Å². The number of methoxy groups -OCH3 is 1. The van der Waals surface area contributed by atoms with Crippen LogP contribution in [0.1, 0.15) is 12.8 Å². The number of hydrogen-bond donors (Lipinski definition) is 2. The topological polar surface area (TPSA) is 73.6 Å². The zero-order chi connectivity index (χ0) is 13.9. The van der Waals surface area contributed by atoms with Crippen molar-refractivity contribution in [2.75, 3.05) is 25.6 Å². The molecule has 1 aromatic carbocycles. The van der Waals surface area contributed by atoms with Crippen LogP contribution in [-0.2, 0) is 9.53 Å². The molecule has 0 bridgehead atoms. The van der Waals surface area contributed by atoms with Crippen LogP contribution in [0.4, 0.5) is 10.1 Å². The van der Waals surface area contributed by atoms with Gasteiger partial charge in [0.05, 0.1) is 12.8 Å². The van der Waals surface area contributed by atoms with Crippen LogP contribution in [0.15, 0.2) is 18.2 Å². The minimum Gasteiger partial charge on any atom is -0.497 e. The molecule has 1 amide bonds. The van der Waals surface area contributed by atoms with Crippen LogP contribution < -0.4 is 15.8 Å². The van der Waals surface area contributed by atoms with E-state index in [0.717, 1.165) is 0 Å². The van der Waals surface area contributed by atoms with Gasteiger partial charge in [0.25, 0.3) is 0 Å². The number of halogens is 1. The molecule has 0 aromatic heterocycles. The highest BCUT2D eigenvalue weighted by Crippen LogP contribution is 2.24. The molecule has 104 valence electrons. The summed E-state index contributed by atoms with van der Waals surface area (Å²) in [6, 6.07) is 4.15. The van der Waals surface area contributed by atoms with Crippen molar-refractivity contribution < 1.29 is 18.7 Å². The molecule has 3 N–H and O–H groups in total. The fourth-order valence-corrected chi connectivity index (χ4v) is 1.94. The van der Waals surface area contributed by atoms with Gasteiger partial charge in [-0.2, -0.15) is 0 Å². The molecule has 6 heteroatoms. The molecule has 1 aliphatic rings. The van der Waals surface area contributed by atoms with E-state index in [2.05, 4.69) is 5.32 Å². The third kappa shape index (κ3) is 3.02. The third-order valence-electron chi connectivity index (χ3n) is 3.26. The van der Waals surface area contributed by atoms with E-state index in [1.54, 1.807) is 0 Å². The fraction of sp³-hybridized carbons (Fsp3) is 0.462. The maximum absolute atomic E-state index is 13.6. The van der Waals surface area contributed by atoms with Crippen molar-refractivity contribution >= 4 is 11.6 Å².